The third-order valence-electron chi connectivity index (χ3n) is 4.52. The number of nitrogens with one attached hydrogen (secondary N) is 1. The summed E-state index contributed by atoms with van der Waals surface area (Å²) in [4.78, 5) is 36.5. The maximum atomic E-state index is 12.3. The van der Waals surface area contributed by atoms with E-state index in [-0.39, 0.29) is 12.5 Å². The van der Waals surface area contributed by atoms with Crippen molar-refractivity contribution in [2.24, 2.45) is 5.92 Å². The molecule has 2 aromatic rings. The number of carbonyl (C=O) groups excluding carboxylic acids is 3. The van der Waals surface area contributed by atoms with Crippen LogP contribution in [0.3, 0.4) is 0 Å². The number of anilines is 1. The van der Waals surface area contributed by atoms with E-state index in [1.54, 1.807) is 24.3 Å². The van der Waals surface area contributed by atoms with Crippen molar-refractivity contribution in [1.82, 2.24) is 0 Å². The van der Waals surface area contributed by atoms with Gasteiger partial charge in [0.2, 0.25) is 0 Å². The van der Waals surface area contributed by atoms with Crippen LogP contribution in [0.15, 0.2) is 24.3 Å². The third kappa shape index (κ3) is 4.36. The minimum absolute atomic E-state index is 0.220. The number of aldehydes is 1. The second kappa shape index (κ2) is 8.35. The predicted molar refractivity (Wildman–Crippen MR) is 103 cm³/mol. The van der Waals surface area contributed by atoms with E-state index >= 15 is 0 Å². The van der Waals surface area contributed by atoms with Crippen LogP contribution in [0.25, 0.3) is 0 Å². The molecule has 0 saturated carbocycles. The van der Waals surface area contributed by atoms with E-state index in [2.05, 4.69) is 12.2 Å². The Bertz CT molecular complexity index is 873. The molecule has 1 aromatic carbocycles. The Morgan fingerprint density at radius 3 is 2.93 bits per heavy atom. The van der Waals surface area contributed by atoms with Crippen molar-refractivity contribution in [2.45, 2.75) is 26.2 Å². The molecule has 1 N–H and O–H groups in total. The van der Waals surface area contributed by atoms with Gasteiger partial charge < -0.3 is 14.8 Å². The normalized spacial score (nSPS) is 15.6. The van der Waals surface area contributed by atoms with Gasteiger partial charge in [0.15, 0.2) is 6.61 Å². The highest BCUT2D eigenvalue weighted by Crippen LogP contribution is 2.40. The molecule has 0 fully saturated rings. The van der Waals surface area contributed by atoms with Gasteiger partial charge >= 0.3 is 5.97 Å². The fraction of sp³-hybridized carbons (Fsp3) is 0.350. The SMILES string of the molecule is COC(=O)c1c(NC(=O)COc2cccc(C=O)c2)sc2c1CCC(C)C2. The Balaban J connectivity index is 1.73. The first-order valence-electron chi connectivity index (χ1n) is 8.72. The van der Waals surface area contributed by atoms with Crippen LogP contribution >= 0.6 is 11.3 Å². The average Bonchev–Trinajstić information content (AvgIpc) is 3.02. The molecule has 7 heteroatoms. The first kappa shape index (κ1) is 19.1. The zero-order chi connectivity index (χ0) is 19.4. The van der Waals surface area contributed by atoms with Crippen molar-refractivity contribution in [3.8, 4) is 5.75 Å². The molecule has 142 valence electrons. The van der Waals surface area contributed by atoms with Gasteiger partial charge in [-0.2, -0.15) is 0 Å². The molecule has 1 unspecified atom stereocenters. The van der Waals surface area contributed by atoms with Crippen LogP contribution in [-0.4, -0.2) is 31.9 Å². The number of hydrogen-bond donors (Lipinski definition) is 1. The van der Waals surface area contributed by atoms with Gasteiger partial charge in [-0.1, -0.05) is 19.1 Å². The summed E-state index contributed by atoms with van der Waals surface area (Å²) in [6.45, 7) is 1.96. The van der Waals surface area contributed by atoms with Crippen molar-refractivity contribution in [3.63, 3.8) is 0 Å². The molecule has 0 radical (unpaired) electrons. The maximum Gasteiger partial charge on any atom is 0.341 e. The summed E-state index contributed by atoms with van der Waals surface area (Å²) in [5.74, 6) is 0.182. The van der Waals surface area contributed by atoms with E-state index in [0.29, 0.717) is 34.1 Å². The second-order valence-electron chi connectivity index (χ2n) is 6.57. The predicted octanol–water partition coefficient (Wildman–Crippen LogP) is 3.49. The number of fused-ring (bicyclic) bond motifs is 1. The summed E-state index contributed by atoms with van der Waals surface area (Å²) < 4.78 is 10.4. The molecule has 0 aliphatic heterocycles. The first-order chi connectivity index (χ1) is 13.0. The number of benzene rings is 1. The Morgan fingerprint density at radius 2 is 2.19 bits per heavy atom. The molecule has 1 aliphatic carbocycles. The molecule has 1 heterocycles. The Hall–Kier alpha value is -2.67. The Labute approximate surface area is 161 Å². The van der Waals surface area contributed by atoms with Crippen molar-refractivity contribution in [3.05, 3.63) is 45.8 Å². The Kier molecular flexibility index (Phi) is 5.91. The summed E-state index contributed by atoms with van der Waals surface area (Å²) in [7, 11) is 1.34. The van der Waals surface area contributed by atoms with Gasteiger partial charge in [-0.25, -0.2) is 4.79 Å². The average molecular weight is 387 g/mol. The number of rotatable bonds is 6. The van der Waals surface area contributed by atoms with E-state index in [9.17, 15) is 14.4 Å². The fourth-order valence-electron chi connectivity index (χ4n) is 3.15. The topological polar surface area (TPSA) is 81.7 Å². The van der Waals surface area contributed by atoms with Gasteiger partial charge in [-0.05, 0) is 42.9 Å². The van der Waals surface area contributed by atoms with Crippen LogP contribution in [0.1, 0.15) is 44.5 Å². The first-order valence-corrected chi connectivity index (χ1v) is 9.54. The molecular formula is C20H21NO5S. The lowest BCUT2D eigenvalue weighted by atomic mass is 9.88. The van der Waals surface area contributed by atoms with Gasteiger partial charge in [0, 0.05) is 10.4 Å². The molecule has 0 bridgehead atoms. The fourth-order valence-corrected chi connectivity index (χ4v) is 4.56. The molecule has 6 nitrogen and oxygen atoms in total. The zero-order valence-electron chi connectivity index (χ0n) is 15.2. The monoisotopic (exact) mass is 387 g/mol. The van der Waals surface area contributed by atoms with E-state index in [1.807, 2.05) is 0 Å². The Morgan fingerprint density at radius 1 is 1.37 bits per heavy atom. The van der Waals surface area contributed by atoms with Crippen molar-refractivity contribution < 1.29 is 23.9 Å². The lowest BCUT2D eigenvalue weighted by Gasteiger charge is -2.18. The van der Waals surface area contributed by atoms with Crippen LogP contribution < -0.4 is 10.1 Å². The summed E-state index contributed by atoms with van der Waals surface area (Å²) in [6, 6.07) is 6.57. The summed E-state index contributed by atoms with van der Waals surface area (Å²) in [6.07, 6.45) is 3.43. The number of amides is 1. The lowest BCUT2D eigenvalue weighted by Crippen LogP contribution is -2.21. The molecule has 27 heavy (non-hydrogen) atoms. The smallest absolute Gasteiger partial charge is 0.341 e. The molecule has 1 aromatic heterocycles. The van der Waals surface area contributed by atoms with Crippen molar-refractivity contribution in [2.75, 3.05) is 19.0 Å². The van der Waals surface area contributed by atoms with E-state index in [4.69, 9.17) is 9.47 Å². The molecule has 3 rings (SSSR count). The quantitative estimate of drug-likeness (QED) is 0.606. The standard InChI is InChI=1S/C20H21NO5S/c1-12-6-7-15-16(8-12)27-19(18(15)20(24)25-2)21-17(23)11-26-14-5-3-4-13(9-14)10-22/h3-5,9-10,12H,6-8,11H2,1-2H3,(H,21,23). The van der Waals surface area contributed by atoms with Crippen LogP contribution in [0.4, 0.5) is 5.00 Å². The number of thiophene rings is 1. The second-order valence-corrected chi connectivity index (χ2v) is 7.68. The van der Waals surface area contributed by atoms with Crippen LogP contribution in [-0.2, 0) is 22.4 Å². The zero-order valence-corrected chi connectivity index (χ0v) is 16.1. The molecule has 1 amide bonds. The highest BCUT2D eigenvalue weighted by molar-refractivity contribution is 7.17. The molecule has 0 saturated heterocycles. The van der Waals surface area contributed by atoms with Gasteiger partial charge in [0.05, 0.1) is 12.7 Å². The van der Waals surface area contributed by atoms with Crippen LogP contribution in [0, 0.1) is 5.92 Å². The van der Waals surface area contributed by atoms with Gasteiger partial charge in [-0.3, -0.25) is 9.59 Å². The molecule has 1 atom stereocenters. The van der Waals surface area contributed by atoms with Gasteiger partial charge in [0.1, 0.15) is 17.0 Å². The maximum absolute atomic E-state index is 12.3. The minimum atomic E-state index is -0.433. The molecule has 0 spiro atoms. The van der Waals surface area contributed by atoms with E-state index < -0.39 is 5.97 Å². The van der Waals surface area contributed by atoms with Crippen LogP contribution in [0.5, 0.6) is 5.75 Å². The van der Waals surface area contributed by atoms with Crippen molar-refractivity contribution >= 4 is 34.5 Å². The largest absolute Gasteiger partial charge is 0.484 e. The summed E-state index contributed by atoms with van der Waals surface area (Å²) in [5.41, 5.74) is 1.92. The molecule has 1 aliphatic rings. The van der Waals surface area contributed by atoms with E-state index in [0.717, 1.165) is 29.7 Å². The number of hydrogen-bond acceptors (Lipinski definition) is 6. The summed E-state index contributed by atoms with van der Waals surface area (Å²) >= 11 is 1.43. The third-order valence-corrected chi connectivity index (χ3v) is 5.69. The minimum Gasteiger partial charge on any atom is -0.484 e. The highest BCUT2D eigenvalue weighted by atomic mass is 32.1. The summed E-state index contributed by atoms with van der Waals surface area (Å²) in [5, 5.41) is 3.29. The van der Waals surface area contributed by atoms with E-state index in [1.165, 1.54) is 18.4 Å². The number of esters is 1. The lowest BCUT2D eigenvalue weighted by molar-refractivity contribution is -0.118. The van der Waals surface area contributed by atoms with Gasteiger partial charge in [-0.15, -0.1) is 11.3 Å². The molecular weight excluding hydrogens is 366 g/mol. The highest BCUT2D eigenvalue weighted by Gasteiger charge is 2.28. The number of methoxy groups -OCH3 is 1. The number of carbonyl (C=O) groups is 3. The van der Waals surface area contributed by atoms with Crippen LogP contribution in [0.2, 0.25) is 0 Å². The van der Waals surface area contributed by atoms with Crippen molar-refractivity contribution in [1.29, 1.82) is 0 Å². The van der Waals surface area contributed by atoms with Gasteiger partial charge in [0.25, 0.3) is 5.91 Å². The number of ether oxygens (including phenoxy) is 2.